The van der Waals surface area contributed by atoms with Crippen LogP contribution in [0.5, 0.6) is 11.6 Å². The van der Waals surface area contributed by atoms with Crippen molar-refractivity contribution < 1.29 is 9.47 Å². The molecule has 1 saturated carbocycles. The predicted molar refractivity (Wildman–Crippen MR) is 58.9 cm³/mol. The van der Waals surface area contributed by atoms with Crippen LogP contribution in [-0.4, -0.2) is 23.7 Å². The molecule has 88 valence electrons. The summed E-state index contributed by atoms with van der Waals surface area (Å²) in [6.45, 7) is 0.618. The lowest BCUT2D eigenvalue weighted by Crippen LogP contribution is -2.15. The Morgan fingerprint density at radius 1 is 1.50 bits per heavy atom. The summed E-state index contributed by atoms with van der Waals surface area (Å²) in [7, 11) is 1.44. The van der Waals surface area contributed by atoms with Gasteiger partial charge in [0.25, 0.3) is 11.4 Å². The highest BCUT2D eigenvalue weighted by Gasteiger charge is 2.17. The molecule has 1 N–H and O–H groups in total. The number of nitrogens with one attached hydrogen (secondary N) is 1. The number of hydrogen-bond acceptors (Lipinski definition) is 4. The molecule has 1 aliphatic rings. The van der Waals surface area contributed by atoms with E-state index in [1.807, 2.05) is 0 Å². The zero-order valence-corrected chi connectivity index (χ0v) is 9.36. The van der Waals surface area contributed by atoms with Gasteiger partial charge in [-0.05, 0) is 18.8 Å². The Labute approximate surface area is 93.8 Å². The van der Waals surface area contributed by atoms with E-state index in [2.05, 4.69) is 9.97 Å². The van der Waals surface area contributed by atoms with E-state index < -0.39 is 0 Å². The van der Waals surface area contributed by atoms with Gasteiger partial charge in [0.1, 0.15) is 0 Å². The van der Waals surface area contributed by atoms with Crippen LogP contribution in [-0.2, 0) is 0 Å². The van der Waals surface area contributed by atoms with Gasteiger partial charge >= 0.3 is 0 Å². The number of hydrogen-bond donors (Lipinski definition) is 1. The van der Waals surface area contributed by atoms with Crippen LogP contribution in [0.2, 0.25) is 0 Å². The van der Waals surface area contributed by atoms with Crippen molar-refractivity contribution in [1.82, 2.24) is 9.97 Å². The van der Waals surface area contributed by atoms with E-state index in [1.165, 1.54) is 39.1 Å². The number of H-pyrrole nitrogens is 1. The molecule has 2 rings (SSSR count). The average molecular weight is 224 g/mol. The highest BCUT2D eigenvalue weighted by molar-refractivity contribution is 5.29. The first kappa shape index (κ1) is 11.0. The van der Waals surface area contributed by atoms with Crippen LogP contribution in [0.4, 0.5) is 0 Å². The normalized spacial score (nSPS) is 16.3. The maximum absolute atomic E-state index is 11.4. The van der Waals surface area contributed by atoms with Crippen molar-refractivity contribution in [3.63, 3.8) is 0 Å². The van der Waals surface area contributed by atoms with E-state index in [-0.39, 0.29) is 17.2 Å². The van der Waals surface area contributed by atoms with Gasteiger partial charge in [-0.1, -0.05) is 12.8 Å². The second-order valence-electron chi connectivity index (χ2n) is 4.03. The average Bonchev–Trinajstić information content (AvgIpc) is 2.79. The smallest absolute Gasteiger partial charge is 0.297 e. The Hall–Kier alpha value is -1.52. The Bertz CT molecular complexity index is 396. The number of rotatable bonds is 4. The fourth-order valence-electron chi connectivity index (χ4n) is 2.03. The van der Waals surface area contributed by atoms with Crippen molar-refractivity contribution in [3.05, 3.63) is 16.7 Å². The second kappa shape index (κ2) is 5.01. The van der Waals surface area contributed by atoms with Crippen molar-refractivity contribution in [2.75, 3.05) is 13.7 Å². The maximum Gasteiger partial charge on any atom is 0.297 e. The van der Waals surface area contributed by atoms with Gasteiger partial charge in [-0.3, -0.25) is 4.79 Å². The lowest BCUT2D eigenvalue weighted by Gasteiger charge is -2.11. The van der Waals surface area contributed by atoms with Crippen LogP contribution in [0.15, 0.2) is 11.1 Å². The van der Waals surface area contributed by atoms with Crippen LogP contribution in [0.1, 0.15) is 25.7 Å². The number of aromatic nitrogens is 2. The lowest BCUT2D eigenvalue weighted by atomic mass is 10.1. The van der Waals surface area contributed by atoms with Crippen molar-refractivity contribution in [1.29, 1.82) is 0 Å². The van der Waals surface area contributed by atoms with E-state index >= 15 is 0 Å². The Kier molecular flexibility index (Phi) is 3.44. The molecule has 0 aliphatic heterocycles. The summed E-state index contributed by atoms with van der Waals surface area (Å²) in [5.74, 6) is 1.03. The molecule has 0 atom stereocenters. The molecule has 0 saturated heterocycles. The zero-order chi connectivity index (χ0) is 11.4. The molecule has 5 heteroatoms. The monoisotopic (exact) mass is 224 g/mol. The molecule has 0 aromatic carbocycles. The van der Waals surface area contributed by atoms with Gasteiger partial charge in [0.2, 0.25) is 5.75 Å². The van der Waals surface area contributed by atoms with Gasteiger partial charge < -0.3 is 14.5 Å². The number of methoxy groups -OCH3 is 1. The van der Waals surface area contributed by atoms with Crippen molar-refractivity contribution in [2.24, 2.45) is 5.92 Å². The van der Waals surface area contributed by atoms with Crippen molar-refractivity contribution in [2.45, 2.75) is 25.7 Å². The minimum atomic E-state index is -0.307. The molecular weight excluding hydrogens is 208 g/mol. The van der Waals surface area contributed by atoms with Crippen molar-refractivity contribution in [3.8, 4) is 11.6 Å². The molecule has 16 heavy (non-hydrogen) atoms. The summed E-state index contributed by atoms with van der Waals surface area (Å²) in [5, 5.41) is 0. The number of ether oxygens (including phenoxy) is 2. The zero-order valence-electron chi connectivity index (χ0n) is 9.36. The third-order valence-electron chi connectivity index (χ3n) is 2.91. The third kappa shape index (κ3) is 2.35. The predicted octanol–water partition coefficient (Wildman–Crippen LogP) is 1.35. The molecule has 0 radical (unpaired) electrons. The molecule has 1 aliphatic carbocycles. The lowest BCUT2D eigenvalue weighted by molar-refractivity contribution is 0.230. The van der Waals surface area contributed by atoms with Gasteiger partial charge in [-0.15, -0.1) is 0 Å². The van der Waals surface area contributed by atoms with Gasteiger partial charge in [0.15, 0.2) is 0 Å². The summed E-state index contributed by atoms with van der Waals surface area (Å²) in [6, 6.07) is 0. The fourth-order valence-corrected chi connectivity index (χ4v) is 2.03. The van der Waals surface area contributed by atoms with E-state index in [1.54, 1.807) is 0 Å². The topological polar surface area (TPSA) is 64.2 Å². The van der Waals surface area contributed by atoms with Gasteiger partial charge in [-0.25, -0.2) is 4.98 Å². The molecule has 0 spiro atoms. The van der Waals surface area contributed by atoms with Crippen LogP contribution >= 0.6 is 0 Å². The standard InChI is InChI=1S/C11H16N2O3/c1-15-9-10(14)12-7-13-11(9)16-6-8-4-2-3-5-8/h7-8H,2-6H2,1H3,(H,12,13,14). The third-order valence-corrected chi connectivity index (χ3v) is 2.91. The molecule has 5 nitrogen and oxygen atoms in total. The van der Waals surface area contributed by atoms with E-state index in [0.29, 0.717) is 12.5 Å². The second-order valence-corrected chi connectivity index (χ2v) is 4.03. The molecule has 0 bridgehead atoms. The first-order valence-corrected chi connectivity index (χ1v) is 5.55. The van der Waals surface area contributed by atoms with E-state index in [4.69, 9.17) is 9.47 Å². The van der Waals surface area contributed by atoms with Crippen LogP contribution in [0, 0.1) is 5.92 Å². The highest BCUT2D eigenvalue weighted by atomic mass is 16.5. The quantitative estimate of drug-likeness (QED) is 0.838. The first-order chi connectivity index (χ1) is 7.81. The highest BCUT2D eigenvalue weighted by Crippen LogP contribution is 2.26. The summed E-state index contributed by atoms with van der Waals surface area (Å²) in [6.07, 6.45) is 6.27. The summed E-state index contributed by atoms with van der Waals surface area (Å²) >= 11 is 0. The molecule has 1 fully saturated rings. The SMILES string of the molecule is COc1c(OCC2CCCC2)nc[nH]c1=O. The number of nitrogens with zero attached hydrogens (tertiary/aromatic N) is 1. The molecule has 1 aromatic heterocycles. The molecule has 0 unspecified atom stereocenters. The van der Waals surface area contributed by atoms with E-state index in [0.717, 1.165) is 0 Å². The van der Waals surface area contributed by atoms with Gasteiger partial charge in [-0.2, -0.15) is 0 Å². The number of aromatic amines is 1. The molecule has 1 aromatic rings. The summed E-state index contributed by atoms with van der Waals surface area (Å²) < 4.78 is 10.5. The minimum Gasteiger partial charge on any atom is -0.487 e. The van der Waals surface area contributed by atoms with Crippen LogP contribution < -0.4 is 15.0 Å². The van der Waals surface area contributed by atoms with Crippen molar-refractivity contribution >= 4 is 0 Å². The maximum atomic E-state index is 11.4. The summed E-state index contributed by atoms with van der Waals surface area (Å²) in [4.78, 5) is 17.8. The van der Waals surface area contributed by atoms with Gasteiger partial charge in [0.05, 0.1) is 20.0 Å². The molecule has 0 amide bonds. The Morgan fingerprint density at radius 3 is 2.94 bits per heavy atom. The van der Waals surface area contributed by atoms with Gasteiger partial charge in [0, 0.05) is 0 Å². The summed E-state index contributed by atoms with van der Waals surface area (Å²) in [5.41, 5.74) is -0.307. The van der Waals surface area contributed by atoms with E-state index in [9.17, 15) is 4.79 Å². The largest absolute Gasteiger partial charge is 0.487 e. The molecule has 1 heterocycles. The Morgan fingerprint density at radius 2 is 2.25 bits per heavy atom. The minimum absolute atomic E-state index is 0.153. The first-order valence-electron chi connectivity index (χ1n) is 5.55. The molecular formula is C11H16N2O3. The van der Waals surface area contributed by atoms with Crippen LogP contribution in [0.25, 0.3) is 0 Å². The Balaban J connectivity index is 2.02. The fraction of sp³-hybridized carbons (Fsp3) is 0.636. The van der Waals surface area contributed by atoms with Crippen LogP contribution in [0.3, 0.4) is 0 Å².